The maximum absolute atomic E-state index is 12.1. The average Bonchev–Trinajstić information content (AvgIpc) is 3.18. The molecule has 1 N–H and O–H groups in total. The minimum atomic E-state index is -0.493. The number of thioether (sulfide) groups is 1. The molecule has 0 bridgehead atoms. The van der Waals surface area contributed by atoms with E-state index in [9.17, 15) is 4.79 Å². The van der Waals surface area contributed by atoms with Crippen molar-refractivity contribution < 1.29 is 9.53 Å². The molecule has 1 aliphatic rings. The van der Waals surface area contributed by atoms with Gasteiger partial charge in [0.05, 0.1) is 6.61 Å². The topological polar surface area (TPSA) is 38.3 Å². The van der Waals surface area contributed by atoms with Gasteiger partial charge in [-0.15, -0.1) is 0 Å². The van der Waals surface area contributed by atoms with Crippen LogP contribution in [0.5, 0.6) is 0 Å². The first-order valence-corrected chi connectivity index (χ1v) is 8.63. The Hall–Kier alpha value is -0.220. The van der Waals surface area contributed by atoms with Gasteiger partial charge in [-0.1, -0.05) is 13.8 Å². The van der Waals surface area contributed by atoms with Crippen LogP contribution in [0, 0.1) is 0 Å². The number of carbonyl (C=O) groups excluding carboxylic acids is 1. The fourth-order valence-electron chi connectivity index (χ4n) is 2.03. The second-order valence-corrected chi connectivity index (χ2v) is 7.21. The average molecular weight is 287 g/mol. The minimum absolute atomic E-state index is 0.0876. The SMILES string of the molecule is CCOC(=O)C(C)(CCCSC(C)CC)NC1CC1. The Morgan fingerprint density at radius 2 is 2.16 bits per heavy atom. The number of hydrogen-bond donors (Lipinski definition) is 1. The van der Waals surface area contributed by atoms with Gasteiger partial charge in [-0.3, -0.25) is 10.1 Å². The molecule has 0 aromatic carbocycles. The first-order chi connectivity index (χ1) is 9.01. The van der Waals surface area contributed by atoms with Crippen LogP contribution in [0.1, 0.15) is 59.8 Å². The number of nitrogens with one attached hydrogen (secondary N) is 1. The molecule has 0 aromatic rings. The molecule has 0 radical (unpaired) electrons. The van der Waals surface area contributed by atoms with E-state index in [-0.39, 0.29) is 5.97 Å². The van der Waals surface area contributed by atoms with Gasteiger partial charge in [0.2, 0.25) is 0 Å². The Labute approximate surface area is 122 Å². The molecule has 2 unspecified atom stereocenters. The predicted octanol–water partition coefficient (Wildman–Crippen LogP) is 3.37. The van der Waals surface area contributed by atoms with Gasteiger partial charge in [-0.25, -0.2) is 0 Å². The maximum Gasteiger partial charge on any atom is 0.326 e. The highest BCUT2D eigenvalue weighted by Gasteiger charge is 2.39. The molecule has 0 amide bonds. The van der Waals surface area contributed by atoms with Crippen molar-refractivity contribution in [1.82, 2.24) is 5.32 Å². The standard InChI is InChI=1S/C15H29NO2S/c1-5-12(3)19-11-7-10-15(4,14(17)18-6-2)16-13-8-9-13/h12-13,16H,5-11H2,1-4H3. The zero-order valence-electron chi connectivity index (χ0n) is 12.8. The Morgan fingerprint density at radius 3 is 2.68 bits per heavy atom. The van der Waals surface area contributed by atoms with Crippen LogP contribution >= 0.6 is 11.8 Å². The molecule has 2 atom stereocenters. The monoisotopic (exact) mass is 287 g/mol. The lowest BCUT2D eigenvalue weighted by molar-refractivity contribution is -0.151. The summed E-state index contributed by atoms with van der Waals surface area (Å²) in [4.78, 5) is 12.1. The maximum atomic E-state index is 12.1. The number of carbonyl (C=O) groups is 1. The summed E-state index contributed by atoms with van der Waals surface area (Å²) in [6, 6.07) is 0.525. The highest BCUT2D eigenvalue weighted by atomic mass is 32.2. The number of rotatable bonds is 10. The summed E-state index contributed by atoms with van der Waals surface area (Å²) >= 11 is 2.00. The molecule has 0 aliphatic heterocycles. The summed E-state index contributed by atoms with van der Waals surface area (Å²) in [7, 11) is 0. The van der Waals surface area contributed by atoms with Gasteiger partial charge in [0.15, 0.2) is 0 Å². The molecule has 0 heterocycles. The van der Waals surface area contributed by atoms with Crippen molar-refractivity contribution >= 4 is 17.7 Å². The Bertz CT molecular complexity index is 281. The van der Waals surface area contributed by atoms with Crippen molar-refractivity contribution in [2.24, 2.45) is 0 Å². The van der Waals surface area contributed by atoms with Crippen LogP contribution in [0.2, 0.25) is 0 Å². The lowest BCUT2D eigenvalue weighted by Gasteiger charge is -2.28. The van der Waals surface area contributed by atoms with Crippen LogP contribution in [0.4, 0.5) is 0 Å². The number of esters is 1. The molecule has 3 nitrogen and oxygen atoms in total. The van der Waals surface area contributed by atoms with Crippen LogP contribution < -0.4 is 5.32 Å². The molecule has 0 spiro atoms. The molecular formula is C15H29NO2S. The minimum Gasteiger partial charge on any atom is -0.465 e. The molecule has 1 fully saturated rings. The Balaban J connectivity index is 2.37. The highest BCUT2D eigenvalue weighted by molar-refractivity contribution is 7.99. The van der Waals surface area contributed by atoms with E-state index in [2.05, 4.69) is 19.2 Å². The van der Waals surface area contributed by atoms with Gasteiger partial charge >= 0.3 is 5.97 Å². The predicted molar refractivity (Wildman–Crippen MR) is 82.6 cm³/mol. The van der Waals surface area contributed by atoms with E-state index in [0.29, 0.717) is 17.9 Å². The third-order valence-corrected chi connectivity index (χ3v) is 5.05. The van der Waals surface area contributed by atoms with E-state index < -0.39 is 5.54 Å². The van der Waals surface area contributed by atoms with Gasteiger partial charge in [0, 0.05) is 11.3 Å². The van der Waals surface area contributed by atoms with Crippen molar-refractivity contribution in [3.05, 3.63) is 0 Å². The largest absolute Gasteiger partial charge is 0.465 e. The first-order valence-electron chi connectivity index (χ1n) is 7.58. The normalized spacial score (nSPS) is 19.8. The fraction of sp³-hybridized carbons (Fsp3) is 0.933. The van der Waals surface area contributed by atoms with Crippen LogP contribution in [0.3, 0.4) is 0 Å². The van der Waals surface area contributed by atoms with E-state index in [4.69, 9.17) is 4.74 Å². The van der Waals surface area contributed by atoms with Crippen molar-refractivity contribution in [2.75, 3.05) is 12.4 Å². The second-order valence-electron chi connectivity index (χ2n) is 5.66. The first kappa shape index (κ1) is 16.8. The summed E-state index contributed by atoms with van der Waals surface area (Å²) in [5, 5.41) is 4.18. The summed E-state index contributed by atoms with van der Waals surface area (Å²) in [6.07, 6.45) is 5.52. The van der Waals surface area contributed by atoms with Crippen molar-refractivity contribution in [3.63, 3.8) is 0 Å². The van der Waals surface area contributed by atoms with Crippen molar-refractivity contribution in [2.45, 2.75) is 76.6 Å². The quantitative estimate of drug-likeness (QED) is 0.494. The summed E-state index contributed by atoms with van der Waals surface area (Å²) < 4.78 is 5.23. The van der Waals surface area contributed by atoms with E-state index in [1.165, 1.54) is 19.3 Å². The van der Waals surface area contributed by atoms with Crippen LogP contribution in [0.15, 0.2) is 0 Å². The van der Waals surface area contributed by atoms with Gasteiger partial charge < -0.3 is 4.74 Å². The Morgan fingerprint density at radius 1 is 1.47 bits per heavy atom. The van der Waals surface area contributed by atoms with Crippen LogP contribution in [0.25, 0.3) is 0 Å². The Kier molecular flexibility index (Phi) is 7.22. The molecule has 19 heavy (non-hydrogen) atoms. The van der Waals surface area contributed by atoms with Crippen LogP contribution in [-0.2, 0) is 9.53 Å². The second kappa shape index (κ2) is 8.15. The lowest BCUT2D eigenvalue weighted by atomic mass is 9.96. The van der Waals surface area contributed by atoms with E-state index in [1.54, 1.807) is 0 Å². The van der Waals surface area contributed by atoms with Crippen molar-refractivity contribution in [3.8, 4) is 0 Å². The van der Waals surface area contributed by atoms with E-state index in [0.717, 1.165) is 18.6 Å². The molecular weight excluding hydrogens is 258 g/mol. The van der Waals surface area contributed by atoms with E-state index >= 15 is 0 Å². The summed E-state index contributed by atoms with van der Waals surface area (Å²) in [6.45, 7) is 8.81. The number of ether oxygens (including phenoxy) is 1. The smallest absolute Gasteiger partial charge is 0.326 e. The summed E-state index contributed by atoms with van der Waals surface area (Å²) in [5.74, 6) is 1.03. The van der Waals surface area contributed by atoms with Crippen LogP contribution in [-0.4, -0.2) is 35.2 Å². The van der Waals surface area contributed by atoms with Gasteiger partial charge in [-0.05, 0) is 51.7 Å². The third kappa shape index (κ3) is 6.17. The molecule has 1 aliphatic carbocycles. The lowest BCUT2D eigenvalue weighted by Crippen LogP contribution is -2.51. The number of hydrogen-bond acceptors (Lipinski definition) is 4. The zero-order chi connectivity index (χ0) is 14.3. The van der Waals surface area contributed by atoms with E-state index in [1.807, 2.05) is 25.6 Å². The zero-order valence-corrected chi connectivity index (χ0v) is 13.6. The van der Waals surface area contributed by atoms with Gasteiger partial charge in [0.25, 0.3) is 0 Å². The van der Waals surface area contributed by atoms with Gasteiger partial charge in [0.1, 0.15) is 5.54 Å². The molecule has 0 aromatic heterocycles. The highest BCUT2D eigenvalue weighted by Crippen LogP contribution is 2.26. The molecule has 0 saturated heterocycles. The molecule has 4 heteroatoms. The molecule has 1 saturated carbocycles. The molecule has 1 rings (SSSR count). The molecule has 112 valence electrons. The van der Waals surface area contributed by atoms with Crippen molar-refractivity contribution in [1.29, 1.82) is 0 Å². The third-order valence-electron chi connectivity index (χ3n) is 3.62. The summed E-state index contributed by atoms with van der Waals surface area (Å²) in [5.41, 5.74) is -0.493. The fourth-order valence-corrected chi connectivity index (χ4v) is 2.98. The van der Waals surface area contributed by atoms with Gasteiger partial charge in [-0.2, -0.15) is 11.8 Å².